The molecule has 0 aliphatic carbocycles. The molecule has 0 aliphatic rings. The summed E-state index contributed by atoms with van der Waals surface area (Å²) in [6.07, 6.45) is 0.739. The van der Waals surface area contributed by atoms with E-state index in [2.05, 4.69) is 15.9 Å². The van der Waals surface area contributed by atoms with Crippen molar-refractivity contribution < 1.29 is 9.13 Å². The number of nitrogen functional groups attached to an aromatic ring is 1. The summed E-state index contributed by atoms with van der Waals surface area (Å²) in [6, 6.07) is 7.04. The SMILES string of the molecule is N=C(N)c1ccc(OCCc2cccs2)c(F)c1Br. The molecule has 1 aromatic heterocycles. The van der Waals surface area contributed by atoms with Gasteiger partial charge in [0.05, 0.1) is 11.1 Å². The van der Waals surface area contributed by atoms with Crippen molar-refractivity contribution in [1.29, 1.82) is 5.41 Å². The molecule has 0 radical (unpaired) electrons. The van der Waals surface area contributed by atoms with Crippen LogP contribution < -0.4 is 10.5 Å². The molecule has 0 fully saturated rings. The number of thiophene rings is 1. The number of hydrogen-bond acceptors (Lipinski definition) is 3. The van der Waals surface area contributed by atoms with Crippen molar-refractivity contribution in [3.63, 3.8) is 0 Å². The lowest BCUT2D eigenvalue weighted by molar-refractivity contribution is 0.305. The van der Waals surface area contributed by atoms with Crippen LogP contribution in [-0.4, -0.2) is 12.4 Å². The fourth-order valence-electron chi connectivity index (χ4n) is 1.57. The van der Waals surface area contributed by atoms with E-state index < -0.39 is 5.82 Å². The van der Waals surface area contributed by atoms with Crippen molar-refractivity contribution in [2.75, 3.05) is 6.61 Å². The Labute approximate surface area is 122 Å². The van der Waals surface area contributed by atoms with E-state index in [-0.39, 0.29) is 16.1 Å². The predicted octanol–water partition coefficient (Wildman–Crippen LogP) is 3.56. The van der Waals surface area contributed by atoms with Crippen LogP contribution in [-0.2, 0) is 6.42 Å². The molecule has 100 valence electrons. The average Bonchev–Trinajstić information content (AvgIpc) is 2.87. The van der Waals surface area contributed by atoms with Crippen LogP contribution in [0.2, 0.25) is 0 Å². The third-order valence-electron chi connectivity index (χ3n) is 2.52. The molecule has 0 bridgehead atoms. The zero-order valence-electron chi connectivity index (χ0n) is 9.95. The molecule has 0 spiro atoms. The highest BCUT2D eigenvalue weighted by atomic mass is 79.9. The first kappa shape index (κ1) is 14.0. The quantitative estimate of drug-likeness (QED) is 0.644. The molecule has 3 N–H and O–H groups in total. The first-order valence-corrected chi connectivity index (χ1v) is 7.24. The third-order valence-corrected chi connectivity index (χ3v) is 4.23. The first-order valence-electron chi connectivity index (χ1n) is 5.57. The van der Waals surface area contributed by atoms with Crippen LogP contribution in [0.15, 0.2) is 34.1 Å². The van der Waals surface area contributed by atoms with E-state index in [1.54, 1.807) is 17.4 Å². The maximum absolute atomic E-state index is 14.0. The van der Waals surface area contributed by atoms with Crippen molar-refractivity contribution in [3.8, 4) is 5.75 Å². The number of benzene rings is 1. The molecule has 0 saturated heterocycles. The van der Waals surface area contributed by atoms with E-state index in [1.165, 1.54) is 10.9 Å². The molecule has 0 atom stereocenters. The minimum absolute atomic E-state index is 0.161. The molecule has 0 saturated carbocycles. The van der Waals surface area contributed by atoms with E-state index >= 15 is 0 Å². The lowest BCUT2D eigenvalue weighted by Crippen LogP contribution is -2.13. The molecule has 2 rings (SSSR count). The Balaban J connectivity index is 2.05. The molecule has 0 aliphatic heterocycles. The van der Waals surface area contributed by atoms with Crippen LogP contribution in [0.3, 0.4) is 0 Å². The lowest BCUT2D eigenvalue weighted by Gasteiger charge is -2.10. The fourth-order valence-corrected chi connectivity index (χ4v) is 2.80. The van der Waals surface area contributed by atoms with Crippen molar-refractivity contribution in [2.24, 2.45) is 5.73 Å². The Morgan fingerprint density at radius 3 is 2.84 bits per heavy atom. The highest BCUT2D eigenvalue weighted by Gasteiger charge is 2.13. The van der Waals surface area contributed by atoms with Gasteiger partial charge in [0, 0.05) is 16.9 Å². The van der Waals surface area contributed by atoms with Gasteiger partial charge in [0.2, 0.25) is 0 Å². The molecule has 0 unspecified atom stereocenters. The number of hydrogen-bond donors (Lipinski definition) is 2. The Morgan fingerprint density at radius 1 is 1.42 bits per heavy atom. The van der Waals surface area contributed by atoms with Gasteiger partial charge in [-0.3, -0.25) is 5.41 Å². The van der Waals surface area contributed by atoms with E-state index in [9.17, 15) is 4.39 Å². The number of ether oxygens (including phenoxy) is 1. The van der Waals surface area contributed by atoms with Crippen molar-refractivity contribution in [2.45, 2.75) is 6.42 Å². The van der Waals surface area contributed by atoms with Gasteiger partial charge >= 0.3 is 0 Å². The molecule has 3 nitrogen and oxygen atoms in total. The molecular formula is C13H12BrFN2OS. The molecule has 19 heavy (non-hydrogen) atoms. The summed E-state index contributed by atoms with van der Waals surface area (Å²) < 4.78 is 19.5. The Morgan fingerprint density at radius 2 is 2.21 bits per heavy atom. The summed E-state index contributed by atoms with van der Waals surface area (Å²) in [7, 11) is 0. The van der Waals surface area contributed by atoms with Gasteiger partial charge in [0.25, 0.3) is 0 Å². The summed E-state index contributed by atoms with van der Waals surface area (Å²) in [5, 5.41) is 9.31. The minimum Gasteiger partial charge on any atom is -0.490 e. The maximum Gasteiger partial charge on any atom is 0.179 e. The van der Waals surface area contributed by atoms with E-state index in [0.29, 0.717) is 12.2 Å². The van der Waals surface area contributed by atoms with E-state index in [1.807, 2.05) is 17.5 Å². The predicted molar refractivity (Wildman–Crippen MR) is 78.6 cm³/mol. The monoisotopic (exact) mass is 342 g/mol. The van der Waals surface area contributed by atoms with E-state index in [0.717, 1.165) is 6.42 Å². The van der Waals surface area contributed by atoms with Gasteiger partial charge in [0.15, 0.2) is 11.6 Å². The van der Waals surface area contributed by atoms with Gasteiger partial charge in [-0.15, -0.1) is 11.3 Å². The van der Waals surface area contributed by atoms with Crippen LogP contribution in [0, 0.1) is 11.2 Å². The standard InChI is InChI=1S/C13H12BrFN2OS/c14-11-9(13(16)17)3-4-10(12(11)15)18-6-5-8-2-1-7-19-8/h1-4,7H,5-6H2,(H3,16,17). The van der Waals surface area contributed by atoms with Crippen LogP contribution in [0.1, 0.15) is 10.4 Å². The summed E-state index contributed by atoms with van der Waals surface area (Å²) in [5.41, 5.74) is 5.67. The second-order valence-electron chi connectivity index (χ2n) is 3.83. The summed E-state index contributed by atoms with van der Waals surface area (Å²) in [5.74, 6) is -0.553. The topological polar surface area (TPSA) is 59.1 Å². The molecule has 1 aromatic carbocycles. The third kappa shape index (κ3) is 3.33. The molecular weight excluding hydrogens is 331 g/mol. The maximum atomic E-state index is 14.0. The second-order valence-corrected chi connectivity index (χ2v) is 5.66. The van der Waals surface area contributed by atoms with E-state index in [4.69, 9.17) is 15.9 Å². The highest BCUT2D eigenvalue weighted by molar-refractivity contribution is 9.10. The highest BCUT2D eigenvalue weighted by Crippen LogP contribution is 2.28. The van der Waals surface area contributed by atoms with Crippen molar-refractivity contribution in [1.82, 2.24) is 0 Å². The normalized spacial score (nSPS) is 10.4. The van der Waals surface area contributed by atoms with Gasteiger partial charge < -0.3 is 10.5 Å². The number of nitrogens with one attached hydrogen (secondary N) is 1. The average molecular weight is 343 g/mol. The van der Waals surface area contributed by atoms with Gasteiger partial charge in [-0.05, 0) is 39.5 Å². The number of amidine groups is 1. The Kier molecular flexibility index (Phi) is 4.55. The number of nitrogens with two attached hydrogens (primary N) is 1. The fraction of sp³-hybridized carbons (Fsp3) is 0.154. The van der Waals surface area contributed by atoms with Gasteiger partial charge in [-0.25, -0.2) is 4.39 Å². The van der Waals surface area contributed by atoms with Crippen LogP contribution in [0.4, 0.5) is 4.39 Å². The largest absolute Gasteiger partial charge is 0.490 e. The Bertz CT molecular complexity index is 587. The zero-order valence-corrected chi connectivity index (χ0v) is 12.4. The van der Waals surface area contributed by atoms with Crippen LogP contribution in [0.25, 0.3) is 0 Å². The summed E-state index contributed by atoms with van der Waals surface area (Å²) in [6.45, 7) is 0.406. The molecule has 2 aromatic rings. The molecule has 1 heterocycles. The smallest absolute Gasteiger partial charge is 0.179 e. The minimum atomic E-state index is -0.529. The summed E-state index contributed by atoms with van der Waals surface area (Å²) in [4.78, 5) is 1.19. The molecule has 0 amide bonds. The lowest BCUT2D eigenvalue weighted by atomic mass is 10.2. The van der Waals surface area contributed by atoms with Crippen LogP contribution >= 0.6 is 27.3 Å². The van der Waals surface area contributed by atoms with Crippen molar-refractivity contribution in [3.05, 3.63) is 50.4 Å². The van der Waals surface area contributed by atoms with Gasteiger partial charge in [-0.2, -0.15) is 0 Å². The second kappa shape index (κ2) is 6.16. The van der Waals surface area contributed by atoms with Gasteiger partial charge in [-0.1, -0.05) is 6.07 Å². The van der Waals surface area contributed by atoms with Crippen LogP contribution in [0.5, 0.6) is 5.75 Å². The molecule has 6 heteroatoms. The number of halogens is 2. The number of rotatable bonds is 5. The zero-order chi connectivity index (χ0) is 13.8. The first-order chi connectivity index (χ1) is 9.09. The summed E-state index contributed by atoms with van der Waals surface area (Å²) >= 11 is 4.73. The van der Waals surface area contributed by atoms with Crippen molar-refractivity contribution >= 4 is 33.1 Å². The van der Waals surface area contributed by atoms with Gasteiger partial charge in [0.1, 0.15) is 5.84 Å². The Hall–Kier alpha value is -1.40.